The molecule has 0 heterocycles. The third-order valence-electron chi connectivity index (χ3n) is 6.10. The number of Topliss-reactive ketones (excluding diaryl/α,β-unsaturated/α-hetero) is 1. The predicted molar refractivity (Wildman–Crippen MR) is 135 cm³/mol. The van der Waals surface area contributed by atoms with Gasteiger partial charge in [-0.05, 0) is 36.1 Å². The van der Waals surface area contributed by atoms with Gasteiger partial charge in [0.1, 0.15) is 0 Å². The highest BCUT2D eigenvalue weighted by Crippen LogP contribution is 2.17. The van der Waals surface area contributed by atoms with Crippen LogP contribution in [0.5, 0.6) is 0 Å². The first-order chi connectivity index (χ1) is 15.2. The predicted octanol–water partition coefficient (Wildman–Crippen LogP) is 9.59. The fraction of sp³-hybridized carbons (Fsp3) is 0.552. The first kappa shape index (κ1) is 25.7. The molecule has 1 nitrogen and oxygen atoms in total. The van der Waals surface area contributed by atoms with Gasteiger partial charge in [0.2, 0.25) is 0 Å². The lowest BCUT2D eigenvalue weighted by Crippen LogP contribution is -1.99. The van der Waals surface area contributed by atoms with E-state index < -0.39 is 0 Å². The molecule has 0 fully saturated rings. The monoisotopic (exact) mass is 440 g/mol. The number of hydrogen-bond donors (Lipinski definition) is 0. The van der Waals surface area contributed by atoms with Gasteiger partial charge in [-0.15, -0.1) is 0 Å². The second-order valence-corrected chi connectivity index (χ2v) is 9.35. The molecule has 0 saturated carbocycles. The van der Waals surface area contributed by atoms with Crippen molar-refractivity contribution in [1.82, 2.24) is 0 Å². The molecule has 0 aromatic heterocycles. The van der Waals surface area contributed by atoms with Gasteiger partial charge in [-0.25, -0.2) is 0 Å². The summed E-state index contributed by atoms with van der Waals surface area (Å²) in [7, 11) is 0. The zero-order chi connectivity index (χ0) is 22.2. The quantitative estimate of drug-likeness (QED) is 0.177. The minimum Gasteiger partial charge on any atom is -0.294 e. The summed E-state index contributed by atoms with van der Waals surface area (Å²) in [4.78, 5) is 12.4. The van der Waals surface area contributed by atoms with Crippen LogP contribution in [-0.2, 0) is 6.42 Å². The van der Waals surface area contributed by atoms with E-state index in [1.807, 2.05) is 24.3 Å². The average molecular weight is 441 g/mol. The van der Waals surface area contributed by atoms with Crippen LogP contribution in [0.2, 0.25) is 5.02 Å². The highest BCUT2D eigenvalue weighted by atomic mass is 35.5. The summed E-state index contributed by atoms with van der Waals surface area (Å²) in [6, 6.07) is 16.1. The fourth-order valence-corrected chi connectivity index (χ4v) is 4.22. The minimum atomic E-state index is 0.279. The van der Waals surface area contributed by atoms with Crippen molar-refractivity contribution in [2.24, 2.45) is 0 Å². The number of hydrogen-bond acceptors (Lipinski definition) is 1. The molecule has 2 rings (SSSR count). The van der Waals surface area contributed by atoms with Gasteiger partial charge in [-0.1, -0.05) is 132 Å². The van der Waals surface area contributed by atoms with E-state index >= 15 is 0 Å². The normalized spacial score (nSPS) is 11.0. The van der Waals surface area contributed by atoms with Crippen molar-refractivity contribution in [3.8, 4) is 0 Å². The maximum absolute atomic E-state index is 12.4. The van der Waals surface area contributed by atoms with Crippen LogP contribution in [0.3, 0.4) is 0 Å². The lowest BCUT2D eigenvalue weighted by Gasteiger charge is -2.05. The van der Waals surface area contributed by atoms with E-state index in [0.717, 1.165) is 23.4 Å². The Hall–Kier alpha value is -1.60. The topological polar surface area (TPSA) is 17.1 Å². The van der Waals surface area contributed by atoms with Crippen molar-refractivity contribution in [1.29, 1.82) is 0 Å². The molecular formula is C29H41ClO. The van der Waals surface area contributed by atoms with Crippen LogP contribution in [0.25, 0.3) is 0 Å². The molecule has 2 aromatic carbocycles. The van der Waals surface area contributed by atoms with Crippen LogP contribution >= 0.6 is 11.6 Å². The van der Waals surface area contributed by atoms with Gasteiger partial charge in [0.15, 0.2) is 5.78 Å². The molecule has 0 spiro atoms. The number of unbranched alkanes of at least 4 members (excludes halogenated alkanes) is 12. The first-order valence-electron chi connectivity index (χ1n) is 12.6. The second-order valence-electron chi connectivity index (χ2n) is 8.92. The summed E-state index contributed by atoms with van der Waals surface area (Å²) in [6.07, 6.45) is 18.9. The maximum atomic E-state index is 12.4. The smallest absolute Gasteiger partial charge is 0.162 e. The number of halogens is 1. The number of rotatable bonds is 17. The third kappa shape index (κ3) is 11.5. The van der Waals surface area contributed by atoms with Crippen molar-refractivity contribution in [3.05, 3.63) is 70.2 Å². The Morgan fingerprint density at radius 2 is 1.03 bits per heavy atom. The molecule has 2 heteroatoms. The summed E-state index contributed by atoms with van der Waals surface area (Å²) in [5.74, 6) is 0.279. The van der Waals surface area contributed by atoms with Crippen LogP contribution in [-0.4, -0.2) is 5.78 Å². The Kier molecular flexibility index (Phi) is 13.3. The molecule has 0 atom stereocenters. The second kappa shape index (κ2) is 16.1. The highest BCUT2D eigenvalue weighted by Gasteiger charge is 2.06. The molecule has 31 heavy (non-hydrogen) atoms. The zero-order valence-electron chi connectivity index (χ0n) is 19.5. The number of carbonyl (C=O) groups excluding carboxylic acids is 1. The summed E-state index contributed by atoms with van der Waals surface area (Å²) in [5, 5.41) is 0.762. The van der Waals surface area contributed by atoms with Crippen LogP contribution in [0.4, 0.5) is 0 Å². The Balaban J connectivity index is 1.50. The number of ketones is 1. The van der Waals surface area contributed by atoms with Gasteiger partial charge in [0, 0.05) is 17.0 Å². The molecule has 0 bridgehead atoms. The molecule has 0 aliphatic carbocycles. The van der Waals surface area contributed by atoms with Crippen molar-refractivity contribution in [2.45, 2.75) is 103 Å². The zero-order valence-corrected chi connectivity index (χ0v) is 20.3. The summed E-state index contributed by atoms with van der Waals surface area (Å²) in [5.41, 5.74) is 3.30. The van der Waals surface area contributed by atoms with Crippen molar-refractivity contribution < 1.29 is 4.79 Å². The van der Waals surface area contributed by atoms with E-state index in [1.54, 1.807) is 0 Å². The highest BCUT2D eigenvalue weighted by molar-refractivity contribution is 6.30. The first-order valence-corrected chi connectivity index (χ1v) is 12.9. The van der Waals surface area contributed by atoms with Gasteiger partial charge < -0.3 is 0 Å². The average Bonchev–Trinajstić information content (AvgIpc) is 2.79. The summed E-state index contributed by atoms with van der Waals surface area (Å²) >= 11 is 5.95. The van der Waals surface area contributed by atoms with Crippen molar-refractivity contribution >= 4 is 17.4 Å². The summed E-state index contributed by atoms with van der Waals surface area (Å²) in [6.45, 7) is 2.28. The van der Waals surface area contributed by atoms with E-state index in [-0.39, 0.29) is 5.78 Å². The molecule has 0 N–H and O–H groups in total. The molecule has 0 radical (unpaired) electrons. The molecular weight excluding hydrogens is 400 g/mol. The Labute approximate surface area is 195 Å². The molecule has 0 aliphatic rings. The Morgan fingerprint density at radius 1 is 0.613 bits per heavy atom. The van der Waals surface area contributed by atoms with E-state index in [0.29, 0.717) is 6.42 Å². The molecule has 2 aromatic rings. The van der Waals surface area contributed by atoms with E-state index in [2.05, 4.69) is 31.2 Å². The van der Waals surface area contributed by atoms with Crippen LogP contribution in [0, 0.1) is 0 Å². The number of benzene rings is 2. The van der Waals surface area contributed by atoms with Gasteiger partial charge in [-0.2, -0.15) is 0 Å². The minimum absolute atomic E-state index is 0.279. The Bertz CT molecular complexity index is 717. The standard InChI is InChI=1S/C29H41ClO/c1-2-3-4-5-6-7-8-9-10-11-12-13-14-15-29(31)27-20-16-25(17-21-27)24-26-18-22-28(30)23-19-26/h16-23H,2-15,24H2,1H3. The summed E-state index contributed by atoms with van der Waals surface area (Å²) < 4.78 is 0. The molecule has 170 valence electrons. The maximum Gasteiger partial charge on any atom is 0.162 e. The van der Waals surface area contributed by atoms with Gasteiger partial charge in [0.05, 0.1) is 0 Å². The van der Waals surface area contributed by atoms with E-state index in [1.165, 1.54) is 88.2 Å². The lowest BCUT2D eigenvalue weighted by atomic mass is 9.99. The van der Waals surface area contributed by atoms with E-state index in [9.17, 15) is 4.79 Å². The van der Waals surface area contributed by atoms with Crippen molar-refractivity contribution in [3.63, 3.8) is 0 Å². The van der Waals surface area contributed by atoms with Gasteiger partial charge in [-0.3, -0.25) is 4.79 Å². The molecule has 0 unspecified atom stereocenters. The van der Waals surface area contributed by atoms with Gasteiger partial charge in [0.25, 0.3) is 0 Å². The molecule has 0 amide bonds. The van der Waals surface area contributed by atoms with Crippen LogP contribution in [0.1, 0.15) is 118 Å². The lowest BCUT2D eigenvalue weighted by molar-refractivity contribution is 0.0979. The molecule has 0 aliphatic heterocycles. The fourth-order valence-electron chi connectivity index (χ4n) is 4.09. The van der Waals surface area contributed by atoms with Crippen LogP contribution < -0.4 is 0 Å². The molecule has 0 saturated heterocycles. The van der Waals surface area contributed by atoms with E-state index in [4.69, 9.17) is 11.6 Å². The van der Waals surface area contributed by atoms with Crippen molar-refractivity contribution in [2.75, 3.05) is 0 Å². The SMILES string of the molecule is CCCCCCCCCCCCCCCC(=O)c1ccc(Cc2ccc(Cl)cc2)cc1. The van der Waals surface area contributed by atoms with Gasteiger partial charge >= 0.3 is 0 Å². The number of carbonyl (C=O) groups is 1. The largest absolute Gasteiger partial charge is 0.294 e. The Morgan fingerprint density at radius 3 is 1.52 bits per heavy atom. The third-order valence-corrected chi connectivity index (χ3v) is 6.36. The van der Waals surface area contributed by atoms with Crippen LogP contribution in [0.15, 0.2) is 48.5 Å².